The average Bonchev–Trinajstić information content (AvgIpc) is 3.11. The fraction of sp³-hybridized carbons (Fsp3) is 0.556. The Kier molecular flexibility index (Phi) is 5.06. The number of fused-ring (bicyclic) bond motifs is 1. The van der Waals surface area contributed by atoms with Gasteiger partial charge in [-0.25, -0.2) is 9.78 Å². The van der Waals surface area contributed by atoms with Crippen molar-refractivity contribution in [2.45, 2.75) is 51.8 Å². The quantitative estimate of drug-likeness (QED) is 0.914. The van der Waals surface area contributed by atoms with Gasteiger partial charge in [0.05, 0.1) is 10.2 Å². The zero-order valence-corrected chi connectivity index (χ0v) is 15.4. The van der Waals surface area contributed by atoms with Crippen molar-refractivity contribution < 1.29 is 9.53 Å². The number of nitrogens with one attached hydrogen (secondary N) is 1. The third kappa shape index (κ3) is 4.24. The second-order valence-electron chi connectivity index (χ2n) is 7.18. The van der Waals surface area contributed by atoms with Gasteiger partial charge in [-0.15, -0.1) is 11.3 Å². The summed E-state index contributed by atoms with van der Waals surface area (Å²) in [6.45, 7) is 8.00. The number of hydrogen-bond donors (Lipinski definition) is 1. The first-order chi connectivity index (χ1) is 11.4. The summed E-state index contributed by atoms with van der Waals surface area (Å²) in [5.41, 5.74) is 0.606. The number of para-hydroxylation sites is 1. The van der Waals surface area contributed by atoms with Gasteiger partial charge in [0.15, 0.2) is 0 Å². The van der Waals surface area contributed by atoms with E-state index >= 15 is 0 Å². The van der Waals surface area contributed by atoms with E-state index in [9.17, 15) is 4.79 Å². The van der Waals surface area contributed by atoms with Crippen LogP contribution < -0.4 is 5.32 Å². The zero-order valence-electron chi connectivity index (χ0n) is 14.5. The first-order valence-electron chi connectivity index (χ1n) is 8.47. The molecule has 1 aromatic carbocycles. The fourth-order valence-electron chi connectivity index (χ4n) is 2.95. The number of hydrogen-bond acceptors (Lipinski definition) is 5. The largest absolute Gasteiger partial charge is 0.444 e. The van der Waals surface area contributed by atoms with E-state index in [1.807, 2.05) is 43.9 Å². The van der Waals surface area contributed by atoms with Crippen LogP contribution in [-0.4, -0.2) is 40.7 Å². The van der Waals surface area contributed by atoms with Gasteiger partial charge in [-0.3, -0.25) is 0 Å². The molecule has 0 unspecified atom stereocenters. The van der Waals surface area contributed by atoms with E-state index in [1.165, 1.54) is 4.70 Å². The van der Waals surface area contributed by atoms with E-state index in [0.717, 1.165) is 43.0 Å². The summed E-state index contributed by atoms with van der Waals surface area (Å²) >= 11 is 1.72. The summed E-state index contributed by atoms with van der Waals surface area (Å²) < 4.78 is 6.72. The molecule has 2 heterocycles. The van der Waals surface area contributed by atoms with E-state index in [2.05, 4.69) is 16.4 Å². The van der Waals surface area contributed by atoms with Crippen molar-refractivity contribution in [3.8, 4) is 0 Å². The van der Waals surface area contributed by atoms with Gasteiger partial charge in [0, 0.05) is 25.7 Å². The predicted octanol–water partition coefficient (Wildman–Crippen LogP) is 3.79. The van der Waals surface area contributed by atoms with Crippen LogP contribution in [0.1, 0.15) is 38.6 Å². The van der Waals surface area contributed by atoms with Crippen LogP contribution in [-0.2, 0) is 11.3 Å². The second-order valence-corrected chi connectivity index (χ2v) is 8.29. The number of ether oxygens (including phenoxy) is 1. The van der Waals surface area contributed by atoms with Gasteiger partial charge in [0.25, 0.3) is 0 Å². The van der Waals surface area contributed by atoms with Crippen molar-refractivity contribution in [2.75, 3.05) is 13.1 Å². The number of carbonyl (C=O) groups excluding carboxylic acids is 1. The number of carbonyl (C=O) groups is 1. The highest BCUT2D eigenvalue weighted by molar-refractivity contribution is 7.18. The number of amides is 1. The molecule has 1 aromatic heterocycles. The van der Waals surface area contributed by atoms with Crippen LogP contribution in [0.3, 0.4) is 0 Å². The van der Waals surface area contributed by atoms with Gasteiger partial charge in [0.2, 0.25) is 0 Å². The molecular formula is C18H25N3O2S. The lowest BCUT2D eigenvalue weighted by Gasteiger charge is -2.28. The van der Waals surface area contributed by atoms with Crippen LogP contribution in [0.4, 0.5) is 4.79 Å². The monoisotopic (exact) mass is 347 g/mol. The Labute approximate surface area is 147 Å². The number of nitrogens with zero attached hydrogens (tertiary/aromatic N) is 2. The SMILES string of the molecule is CC(C)(C)OC(=O)N1CCC[C@H]1CNCc1nc2ccccc2s1. The molecular weight excluding hydrogens is 322 g/mol. The van der Waals surface area contributed by atoms with Gasteiger partial charge in [0.1, 0.15) is 10.6 Å². The minimum absolute atomic E-state index is 0.202. The van der Waals surface area contributed by atoms with Crippen molar-refractivity contribution in [3.05, 3.63) is 29.3 Å². The lowest BCUT2D eigenvalue weighted by atomic mass is 10.2. The van der Waals surface area contributed by atoms with Crippen molar-refractivity contribution in [3.63, 3.8) is 0 Å². The molecule has 2 aromatic rings. The molecule has 1 atom stereocenters. The average molecular weight is 347 g/mol. The van der Waals surface area contributed by atoms with E-state index < -0.39 is 5.60 Å². The molecule has 130 valence electrons. The van der Waals surface area contributed by atoms with Gasteiger partial charge in [-0.2, -0.15) is 0 Å². The minimum Gasteiger partial charge on any atom is -0.444 e. The Bertz CT molecular complexity index is 675. The molecule has 3 rings (SSSR count). The lowest BCUT2D eigenvalue weighted by Crippen LogP contribution is -2.44. The number of thiazole rings is 1. The molecule has 1 saturated heterocycles. The molecule has 1 aliphatic heterocycles. The van der Waals surface area contributed by atoms with E-state index in [4.69, 9.17) is 4.74 Å². The third-order valence-corrected chi connectivity index (χ3v) is 5.04. The summed E-state index contributed by atoms with van der Waals surface area (Å²) in [6.07, 6.45) is 1.85. The van der Waals surface area contributed by atoms with Crippen LogP contribution in [0, 0.1) is 0 Å². The Hall–Kier alpha value is -1.66. The van der Waals surface area contributed by atoms with Crippen LogP contribution in [0.15, 0.2) is 24.3 Å². The van der Waals surface area contributed by atoms with Crippen molar-refractivity contribution in [2.24, 2.45) is 0 Å². The number of aromatic nitrogens is 1. The first kappa shape index (κ1) is 17.2. The lowest BCUT2D eigenvalue weighted by molar-refractivity contribution is 0.0226. The maximum absolute atomic E-state index is 12.3. The number of benzene rings is 1. The van der Waals surface area contributed by atoms with Gasteiger partial charge < -0.3 is 15.0 Å². The molecule has 1 amide bonds. The highest BCUT2D eigenvalue weighted by Gasteiger charge is 2.31. The van der Waals surface area contributed by atoms with E-state index in [0.29, 0.717) is 0 Å². The molecule has 1 fully saturated rings. The summed E-state index contributed by atoms with van der Waals surface area (Å²) in [5, 5.41) is 4.53. The van der Waals surface area contributed by atoms with Crippen LogP contribution >= 0.6 is 11.3 Å². The van der Waals surface area contributed by atoms with Crippen LogP contribution in [0.25, 0.3) is 10.2 Å². The van der Waals surface area contributed by atoms with Crippen LogP contribution in [0.5, 0.6) is 0 Å². The Morgan fingerprint density at radius 3 is 2.96 bits per heavy atom. The molecule has 0 bridgehead atoms. The predicted molar refractivity (Wildman–Crippen MR) is 97.3 cm³/mol. The molecule has 0 spiro atoms. The summed E-state index contributed by atoms with van der Waals surface area (Å²) in [4.78, 5) is 18.8. The normalized spacial score (nSPS) is 18.3. The molecule has 0 aliphatic carbocycles. The summed E-state index contributed by atoms with van der Waals surface area (Å²) in [6, 6.07) is 8.38. The highest BCUT2D eigenvalue weighted by Crippen LogP contribution is 2.22. The van der Waals surface area contributed by atoms with Gasteiger partial charge >= 0.3 is 6.09 Å². The Balaban J connectivity index is 1.52. The van der Waals surface area contributed by atoms with Crippen LogP contribution in [0.2, 0.25) is 0 Å². The number of likely N-dealkylation sites (tertiary alicyclic amines) is 1. The maximum Gasteiger partial charge on any atom is 0.410 e. The van der Waals surface area contributed by atoms with E-state index in [-0.39, 0.29) is 12.1 Å². The van der Waals surface area contributed by atoms with Crippen molar-refractivity contribution in [1.29, 1.82) is 0 Å². The first-order valence-corrected chi connectivity index (χ1v) is 9.29. The van der Waals surface area contributed by atoms with Gasteiger partial charge in [-0.05, 0) is 45.7 Å². The summed E-state index contributed by atoms with van der Waals surface area (Å²) in [5.74, 6) is 0. The van der Waals surface area contributed by atoms with Crippen molar-refractivity contribution >= 4 is 27.6 Å². The molecule has 0 saturated carbocycles. The standard InChI is InChI=1S/C18H25N3O2S/c1-18(2,3)23-17(22)21-10-6-7-13(21)11-19-12-16-20-14-8-4-5-9-15(14)24-16/h4-5,8-9,13,19H,6-7,10-12H2,1-3H3/t13-/m0/s1. The zero-order chi connectivity index (χ0) is 17.2. The second kappa shape index (κ2) is 7.07. The molecule has 1 N–H and O–H groups in total. The number of rotatable bonds is 4. The molecule has 0 radical (unpaired) electrons. The smallest absolute Gasteiger partial charge is 0.410 e. The Morgan fingerprint density at radius 1 is 1.42 bits per heavy atom. The minimum atomic E-state index is -0.446. The molecule has 1 aliphatic rings. The summed E-state index contributed by atoms with van der Waals surface area (Å²) in [7, 11) is 0. The van der Waals surface area contributed by atoms with Gasteiger partial charge in [-0.1, -0.05) is 12.1 Å². The maximum atomic E-state index is 12.3. The molecule has 5 nitrogen and oxygen atoms in total. The molecule has 24 heavy (non-hydrogen) atoms. The molecule has 6 heteroatoms. The Morgan fingerprint density at radius 2 is 2.21 bits per heavy atom. The highest BCUT2D eigenvalue weighted by atomic mass is 32.1. The fourth-order valence-corrected chi connectivity index (χ4v) is 3.89. The van der Waals surface area contributed by atoms with Crippen molar-refractivity contribution in [1.82, 2.24) is 15.2 Å². The van der Waals surface area contributed by atoms with E-state index in [1.54, 1.807) is 11.3 Å². The topological polar surface area (TPSA) is 54.5 Å². The third-order valence-electron chi connectivity index (χ3n) is 4.00.